The lowest BCUT2D eigenvalue weighted by atomic mass is 10.1. The number of anilines is 1. The van der Waals surface area contributed by atoms with Gasteiger partial charge in [-0.15, -0.1) is 0 Å². The van der Waals surface area contributed by atoms with E-state index in [1.165, 1.54) is 7.11 Å². The van der Waals surface area contributed by atoms with E-state index in [1.54, 1.807) is 52.9 Å². The van der Waals surface area contributed by atoms with Crippen LogP contribution in [0.2, 0.25) is 0 Å². The van der Waals surface area contributed by atoms with E-state index in [4.69, 9.17) is 40.6 Å². The van der Waals surface area contributed by atoms with Gasteiger partial charge in [0.05, 0.1) is 42.7 Å². The fourth-order valence-electron chi connectivity index (χ4n) is 8.22. The number of hydrogen-bond donors (Lipinski definition) is 4. The number of imidazole rings is 1. The number of rotatable bonds is 26. The van der Waals surface area contributed by atoms with Gasteiger partial charge in [0, 0.05) is 80.8 Å². The van der Waals surface area contributed by atoms with Gasteiger partial charge in [0.2, 0.25) is 23.5 Å². The molecule has 7 aromatic rings. The van der Waals surface area contributed by atoms with Gasteiger partial charge in [0.15, 0.2) is 5.82 Å². The number of carbonyl (C=O) groups is 5. The fourth-order valence-corrected chi connectivity index (χ4v) is 8.22. The third kappa shape index (κ3) is 11.6. The molecule has 0 aliphatic carbocycles. The van der Waals surface area contributed by atoms with Gasteiger partial charge in [-0.25, -0.2) is 19.7 Å². The molecule has 0 radical (unpaired) electrons. The van der Waals surface area contributed by atoms with Crippen molar-refractivity contribution in [1.29, 1.82) is 0 Å². The summed E-state index contributed by atoms with van der Waals surface area (Å²) in [6.07, 6.45) is 7.23. The summed E-state index contributed by atoms with van der Waals surface area (Å²) in [5.74, 6) is -1.81. The summed E-state index contributed by atoms with van der Waals surface area (Å²) in [6, 6.07) is 10.1. The number of primary amides is 2. The first kappa shape index (κ1) is 50.9. The summed E-state index contributed by atoms with van der Waals surface area (Å²) in [5, 5.41) is 16.6. The van der Waals surface area contributed by atoms with Crippen LogP contribution in [0.4, 0.5) is 5.95 Å². The second-order valence-electron chi connectivity index (χ2n) is 16.6. The van der Waals surface area contributed by atoms with Gasteiger partial charge in [-0.3, -0.25) is 33.9 Å². The topological polar surface area (TPSA) is 283 Å². The number of benzene rings is 2. The van der Waals surface area contributed by atoms with Crippen molar-refractivity contribution >= 4 is 68.4 Å². The summed E-state index contributed by atoms with van der Waals surface area (Å²) < 4.78 is 29.6. The number of esters is 1. The van der Waals surface area contributed by atoms with Crippen LogP contribution in [0.5, 0.6) is 11.5 Å². The third-order valence-corrected chi connectivity index (χ3v) is 11.5. The van der Waals surface area contributed by atoms with Crippen LogP contribution in [-0.4, -0.2) is 120 Å². The Labute approximate surface area is 408 Å². The first-order chi connectivity index (χ1) is 34.3. The highest BCUT2D eigenvalue weighted by Gasteiger charge is 2.24. The number of methoxy groups -OCH3 is 2. The zero-order valence-electron chi connectivity index (χ0n) is 40.7. The average Bonchev–Trinajstić information content (AvgIpc) is 4.12. The van der Waals surface area contributed by atoms with Crippen molar-refractivity contribution in [3.05, 3.63) is 83.0 Å². The molecular weight excluding hydrogens is 915 g/mol. The average molecular weight is 974 g/mol. The second kappa shape index (κ2) is 23.1. The quantitative estimate of drug-likeness (QED) is 0.0249. The van der Waals surface area contributed by atoms with Crippen LogP contribution in [0.3, 0.4) is 0 Å². The van der Waals surface area contributed by atoms with Crippen LogP contribution >= 0.6 is 0 Å². The number of carbonyl (C=O) groups excluding carboxylic acids is 5. The van der Waals surface area contributed by atoms with Crippen LogP contribution in [0, 0.1) is 13.8 Å². The minimum atomic E-state index is -0.857. The Morgan fingerprint density at radius 2 is 1.37 bits per heavy atom. The molecule has 22 heteroatoms. The molecule has 374 valence electrons. The molecule has 71 heavy (non-hydrogen) atoms. The van der Waals surface area contributed by atoms with E-state index in [0.29, 0.717) is 114 Å². The van der Waals surface area contributed by atoms with Crippen molar-refractivity contribution in [1.82, 2.24) is 49.0 Å². The highest BCUT2D eigenvalue weighted by atomic mass is 16.5. The van der Waals surface area contributed by atoms with Crippen LogP contribution in [-0.2, 0) is 45.2 Å². The van der Waals surface area contributed by atoms with Crippen molar-refractivity contribution in [2.75, 3.05) is 52.4 Å². The predicted octanol–water partition coefficient (Wildman–Crippen LogP) is 4.65. The smallest absolute Gasteiger partial charge is 0.374 e. The summed E-state index contributed by atoms with van der Waals surface area (Å²) in [7, 11) is 2.78. The number of hydrogen-bond acceptors (Lipinski definition) is 15. The van der Waals surface area contributed by atoms with Gasteiger partial charge in [0.25, 0.3) is 5.91 Å². The van der Waals surface area contributed by atoms with Crippen molar-refractivity contribution < 1.29 is 42.9 Å². The largest absolute Gasteiger partial charge is 0.491 e. The fraction of sp³-hybridized carbons (Fsp3) is 0.388. The molecule has 0 aliphatic heterocycles. The summed E-state index contributed by atoms with van der Waals surface area (Å²) in [4.78, 5) is 77.2. The molecule has 0 aliphatic rings. The Morgan fingerprint density at radius 1 is 0.718 bits per heavy atom. The number of Topliss-reactive ketones (excluding diaryl/α,β-unsaturated/α-hetero) is 1. The van der Waals surface area contributed by atoms with E-state index < -0.39 is 29.5 Å². The lowest BCUT2D eigenvalue weighted by molar-refractivity contribution is -0.151. The van der Waals surface area contributed by atoms with Gasteiger partial charge in [-0.1, -0.05) is 12.2 Å². The highest BCUT2D eigenvalue weighted by Crippen LogP contribution is 2.37. The molecule has 5 aromatic heterocycles. The van der Waals surface area contributed by atoms with Gasteiger partial charge in [-0.05, 0) is 90.0 Å². The zero-order chi connectivity index (χ0) is 50.8. The first-order valence-electron chi connectivity index (χ1n) is 23.4. The molecule has 0 saturated heterocycles. The molecule has 2 aromatic carbocycles. The Kier molecular flexibility index (Phi) is 16.5. The molecule has 0 saturated carbocycles. The maximum Gasteiger partial charge on any atom is 0.374 e. The molecule has 6 N–H and O–H groups in total. The molecule has 0 atom stereocenters. The standard InChI is InChI=1S/C49H59N13O9/c1-7-61-36(22-29(3)57-61)45-53-28-34-33-24-31(43(50)64)26-39(70-20-12-16-52-15-11-14-38(63)48(67)69-6)41(33)59(46(34)55-45)17-9-10-18-60-42-35(25-32(44(51)65)27-40(42)71-21-13-19-68-5)54-49(60)56-47(66)37-23-30(4)58-62(37)8-2/h9-10,22-28,52H,7-8,11-21H2,1-6H3,(H2,50,64)(H2,51,65)(H,54,56,66). The number of nitrogens with zero attached hydrogens (tertiary/aromatic N) is 9. The summed E-state index contributed by atoms with van der Waals surface area (Å²) >= 11 is 0. The maximum atomic E-state index is 13.9. The maximum absolute atomic E-state index is 13.9. The van der Waals surface area contributed by atoms with Gasteiger partial charge >= 0.3 is 5.97 Å². The molecule has 3 amide bonds. The molecule has 22 nitrogen and oxygen atoms in total. The van der Waals surface area contributed by atoms with Crippen LogP contribution in [0.15, 0.2) is 54.7 Å². The number of fused-ring (bicyclic) bond motifs is 4. The van der Waals surface area contributed by atoms with Crippen LogP contribution in [0.1, 0.15) is 82.1 Å². The SMILES string of the molecule is CCn1nc(C)cc1C(=O)Nc1nc2cc(C(N)=O)cc(OCCCOC)c2n1CC=CCn1c2nc(-c3cc(C)nn3CC)ncc2c2cc(C(N)=O)cc(OCCCNCCCC(=O)C(=O)OC)c21. The summed E-state index contributed by atoms with van der Waals surface area (Å²) in [5.41, 5.74) is 16.7. The number of ketones is 1. The number of amides is 3. The molecule has 0 spiro atoms. The minimum Gasteiger partial charge on any atom is -0.491 e. The lowest BCUT2D eigenvalue weighted by Crippen LogP contribution is -2.21. The number of aryl methyl sites for hydroxylation is 4. The Balaban J connectivity index is 1.27. The third-order valence-electron chi connectivity index (χ3n) is 11.5. The first-order valence-corrected chi connectivity index (χ1v) is 23.4. The molecular formula is C49H59N13O9. The number of aromatic nitrogens is 9. The number of allylic oxidation sites excluding steroid dienone is 2. The highest BCUT2D eigenvalue weighted by molar-refractivity contribution is 6.33. The second-order valence-corrected chi connectivity index (χ2v) is 16.6. The van der Waals surface area contributed by atoms with Crippen LogP contribution in [0.25, 0.3) is 44.5 Å². The van der Waals surface area contributed by atoms with E-state index in [1.807, 2.05) is 55.2 Å². The van der Waals surface area contributed by atoms with Crippen molar-refractivity contribution in [3.63, 3.8) is 0 Å². The van der Waals surface area contributed by atoms with E-state index in [9.17, 15) is 24.0 Å². The van der Waals surface area contributed by atoms with Gasteiger partial charge in [-0.2, -0.15) is 10.2 Å². The Bertz CT molecular complexity index is 3140. The number of nitrogens with one attached hydrogen (secondary N) is 2. The predicted molar refractivity (Wildman–Crippen MR) is 264 cm³/mol. The molecule has 7 rings (SSSR count). The van der Waals surface area contributed by atoms with E-state index in [-0.39, 0.29) is 49.8 Å². The van der Waals surface area contributed by atoms with Crippen molar-refractivity contribution in [2.45, 2.75) is 79.6 Å². The van der Waals surface area contributed by atoms with E-state index >= 15 is 0 Å². The van der Waals surface area contributed by atoms with E-state index in [0.717, 1.165) is 11.4 Å². The monoisotopic (exact) mass is 973 g/mol. The lowest BCUT2D eigenvalue weighted by Gasteiger charge is -2.13. The van der Waals surface area contributed by atoms with Crippen molar-refractivity contribution in [2.24, 2.45) is 11.5 Å². The Morgan fingerprint density at radius 3 is 2.06 bits per heavy atom. The minimum absolute atomic E-state index is 0.0726. The Hall–Kier alpha value is -7.98. The molecule has 5 heterocycles. The normalized spacial score (nSPS) is 11.6. The number of ether oxygens (including phenoxy) is 4. The van der Waals surface area contributed by atoms with Crippen LogP contribution < -0.4 is 31.6 Å². The van der Waals surface area contributed by atoms with Gasteiger partial charge < -0.3 is 44.9 Å². The number of nitrogens with two attached hydrogens (primary N) is 2. The van der Waals surface area contributed by atoms with Crippen molar-refractivity contribution in [3.8, 4) is 23.0 Å². The zero-order valence-corrected chi connectivity index (χ0v) is 40.7. The molecule has 0 bridgehead atoms. The van der Waals surface area contributed by atoms with E-state index in [2.05, 4.69) is 25.6 Å². The summed E-state index contributed by atoms with van der Waals surface area (Å²) in [6.45, 7) is 11.1. The van der Waals surface area contributed by atoms with Gasteiger partial charge in [0.1, 0.15) is 34.1 Å². The molecule has 0 unspecified atom stereocenters. The molecule has 0 fully saturated rings.